The van der Waals surface area contributed by atoms with Crippen molar-refractivity contribution in [1.82, 2.24) is 18.7 Å². The molecule has 0 aromatic carbocycles. The maximum absolute atomic E-state index is 11.9. The Bertz CT molecular complexity index is 868. The van der Waals surface area contributed by atoms with Gasteiger partial charge in [-0.1, -0.05) is 51.2 Å². The van der Waals surface area contributed by atoms with E-state index in [1.807, 2.05) is 27.7 Å². The van der Waals surface area contributed by atoms with Gasteiger partial charge in [-0.25, -0.2) is 18.7 Å². The molecule has 0 radical (unpaired) electrons. The molecule has 0 aliphatic rings. The van der Waals surface area contributed by atoms with E-state index in [9.17, 15) is 9.59 Å². The lowest BCUT2D eigenvalue weighted by atomic mass is 10.00. The van der Waals surface area contributed by atoms with Crippen LogP contribution in [0.25, 0.3) is 0 Å². The fourth-order valence-electron chi connectivity index (χ4n) is 5.47. The predicted octanol–water partition coefficient (Wildman–Crippen LogP) is 10.9. The molecule has 0 spiro atoms. The molecule has 0 aliphatic carbocycles. The van der Waals surface area contributed by atoms with Crippen LogP contribution in [0.5, 0.6) is 0 Å². The minimum absolute atomic E-state index is 0.155. The van der Waals surface area contributed by atoms with E-state index in [0.29, 0.717) is 93.1 Å². The number of hydrogen-bond donors (Lipinski definition) is 0. The summed E-state index contributed by atoms with van der Waals surface area (Å²) in [4.78, 5) is 23.2. The summed E-state index contributed by atoms with van der Waals surface area (Å²) in [6.45, 7) is 45.3. The summed E-state index contributed by atoms with van der Waals surface area (Å²) in [5.74, 6) is 0.789. The molecule has 0 heterocycles. The van der Waals surface area contributed by atoms with E-state index in [2.05, 4.69) is 129 Å². The average Bonchev–Trinajstić information content (AvgIpc) is 2.98. The van der Waals surface area contributed by atoms with Crippen LogP contribution in [0.3, 0.4) is 0 Å². The lowest BCUT2D eigenvalue weighted by Gasteiger charge is -2.45. The van der Waals surface area contributed by atoms with E-state index in [0.717, 1.165) is 0 Å². The molecule has 14 heteroatoms. The Hall–Kier alpha value is 0.580. The van der Waals surface area contributed by atoms with Gasteiger partial charge in [0.1, 0.15) is 0 Å². The molecular formula is C38H82N4O6P2S2. The lowest BCUT2D eigenvalue weighted by molar-refractivity contribution is -0.117. The molecule has 0 amide bonds. The van der Waals surface area contributed by atoms with Gasteiger partial charge in [-0.05, 0) is 111 Å². The van der Waals surface area contributed by atoms with Crippen molar-refractivity contribution in [1.29, 1.82) is 0 Å². The Morgan fingerprint density at radius 1 is 0.500 bits per heavy atom. The first-order valence-electron chi connectivity index (χ1n) is 19.4. The van der Waals surface area contributed by atoms with Gasteiger partial charge in [-0.15, -0.1) is 0 Å². The number of ether oxygens (including phenoxy) is 2. The van der Waals surface area contributed by atoms with Crippen LogP contribution in [0.4, 0.5) is 0 Å². The molecule has 0 N–H and O–H groups in total. The van der Waals surface area contributed by atoms with Crippen molar-refractivity contribution in [2.45, 2.75) is 193 Å². The number of nitrogens with zero attached hydrogens (tertiary/aromatic N) is 4. The van der Waals surface area contributed by atoms with Gasteiger partial charge in [0.25, 0.3) is 0 Å². The van der Waals surface area contributed by atoms with Crippen molar-refractivity contribution >= 4 is 50.7 Å². The number of rotatable bonds is 25. The van der Waals surface area contributed by atoms with E-state index < -0.39 is 16.9 Å². The molecular weight excluding hydrogens is 735 g/mol. The second-order valence-corrected chi connectivity index (χ2v) is 21.3. The highest BCUT2D eigenvalue weighted by Crippen LogP contribution is 2.51. The second kappa shape index (κ2) is 28.9. The number of carbonyl (C=O) groups excluding carboxylic acids is 2. The maximum atomic E-state index is 11.9. The molecule has 0 aliphatic heterocycles. The maximum Gasteiger partial charge on any atom is 0.196 e. The molecule has 0 saturated heterocycles. The summed E-state index contributed by atoms with van der Waals surface area (Å²) in [7, 11) is -1.75. The van der Waals surface area contributed by atoms with Crippen LogP contribution in [-0.4, -0.2) is 116 Å². The standard InChI is InChI=1S/C20H43N2O3PS.C18H39N2O3PS/c1-15(2)21(16(3)4)26(22(17(5)6)18(7)8)25-13-12-24-14-27-19(23)20(9,10)11;1-10-18(21)25-13-22-11-12-23-24(19(14(2)3)15(4)5)20(16(6)7)17(8)9/h15-18H,12-14H2,1-11H3;14-17H,10-13H2,1-9H3. The molecule has 0 atom stereocenters. The summed E-state index contributed by atoms with van der Waals surface area (Å²) in [5, 5.41) is 0.321. The van der Waals surface area contributed by atoms with Gasteiger partial charge in [-0.3, -0.25) is 9.59 Å². The van der Waals surface area contributed by atoms with E-state index in [-0.39, 0.29) is 15.6 Å². The highest BCUT2D eigenvalue weighted by atomic mass is 32.2. The van der Waals surface area contributed by atoms with E-state index in [4.69, 9.17) is 18.5 Å². The zero-order valence-electron chi connectivity index (χ0n) is 37.0. The van der Waals surface area contributed by atoms with Crippen molar-refractivity contribution in [3.63, 3.8) is 0 Å². The fraction of sp³-hybridized carbons (Fsp3) is 0.947. The van der Waals surface area contributed by atoms with Gasteiger partial charge in [-0.2, -0.15) is 0 Å². The van der Waals surface area contributed by atoms with Crippen molar-refractivity contribution < 1.29 is 28.1 Å². The van der Waals surface area contributed by atoms with Crippen molar-refractivity contribution in [3.05, 3.63) is 0 Å². The highest BCUT2D eigenvalue weighted by Gasteiger charge is 2.35. The van der Waals surface area contributed by atoms with Crippen LogP contribution in [0.15, 0.2) is 0 Å². The Kier molecular flexibility index (Phi) is 30.4. The summed E-state index contributed by atoms with van der Waals surface area (Å²) in [5.41, 5.74) is -0.330. The normalized spacial score (nSPS) is 13.1. The van der Waals surface area contributed by atoms with Gasteiger partial charge >= 0.3 is 0 Å². The van der Waals surface area contributed by atoms with Gasteiger partial charge < -0.3 is 18.5 Å². The predicted molar refractivity (Wildman–Crippen MR) is 231 cm³/mol. The Labute approximate surface area is 333 Å². The third-order valence-electron chi connectivity index (χ3n) is 7.37. The first-order chi connectivity index (χ1) is 23.9. The Morgan fingerprint density at radius 2 is 0.769 bits per heavy atom. The zero-order valence-corrected chi connectivity index (χ0v) is 40.4. The van der Waals surface area contributed by atoms with E-state index in [1.54, 1.807) is 0 Å². The SMILES string of the molecule is CC(C)N(C(C)C)P(OCCOCSC(=O)C(C)(C)C)N(C(C)C)C(C)C.CCC(=O)SCOCCOP(N(C(C)C)C(C)C)N(C(C)C)C(C)C. The summed E-state index contributed by atoms with van der Waals surface area (Å²) < 4.78 is 33.8. The number of thioether (sulfide) groups is 2. The highest BCUT2D eigenvalue weighted by molar-refractivity contribution is 8.13. The van der Waals surface area contributed by atoms with Crippen LogP contribution >= 0.6 is 40.4 Å². The van der Waals surface area contributed by atoms with Crippen LogP contribution < -0.4 is 0 Å². The Balaban J connectivity index is 0. The van der Waals surface area contributed by atoms with Gasteiger partial charge in [0.2, 0.25) is 0 Å². The average molecular weight is 817 g/mol. The molecule has 0 aromatic rings. The van der Waals surface area contributed by atoms with Crippen LogP contribution in [-0.2, 0) is 28.1 Å². The van der Waals surface area contributed by atoms with Gasteiger partial charge in [0.15, 0.2) is 27.1 Å². The minimum atomic E-state index is -0.884. The quantitative estimate of drug-likeness (QED) is 0.0500. The molecule has 52 heavy (non-hydrogen) atoms. The van der Waals surface area contributed by atoms with Crippen molar-refractivity contribution in [2.75, 3.05) is 38.3 Å². The fourth-order valence-corrected chi connectivity index (χ4v) is 11.4. The summed E-state index contributed by atoms with van der Waals surface area (Å²) >= 11 is 2.48. The van der Waals surface area contributed by atoms with E-state index >= 15 is 0 Å². The number of hydrogen-bond acceptors (Lipinski definition) is 12. The first-order valence-corrected chi connectivity index (χ1v) is 23.7. The van der Waals surface area contributed by atoms with Crippen LogP contribution in [0, 0.1) is 5.41 Å². The monoisotopic (exact) mass is 817 g/mol. The number of carbonyl (C=O) groups is 2. The van der Waals surface area contributed by atoms with Crippen LogP contribution in [0.2, 0.25) is 0 Å². The van der Waals surface area contributed by atoms with E-state index in [1.165, 1.54) is 23.5 Å². The topological polar surface area (TPSA) is 84.0 Å². The molecule has 10 nitrogen and oxygen atoms in total. The van der Waals surface area contributed by atoms with Gasteiger partial charge in [0, 0.05) is 60.2 Å². The largest absolute Gasteiger partial charge is 0.368 e. The smallest absolute Gasteiger partial charge is 0.196 e. The molecule has 0 unspecified atom stereocenters. The Morgan fingerprint density at radius 3 is 1.00 bits per heavy atom. The van der Waals surface area contributed by atoms with Crippen molar-refractivity contribution in [2.24, 2.45) is 5.41 Å². The summed E-state index contributed by atoms with van der Waals surface area (Å²) in [6, 6.07) is 3.23. The molecule has 0 saturated carbocycles. The van der Waals surface area contributed by atoms with Crippen LogP contribution in [0.1, 0.15) is 145 Å². The lowest BCUT2D eigenvalue weighted by Crippen LogP contribution is -2.43. The first kappa shape index (κ1) is 54.7. The second-order valence-electron chi connectivity index (χ2n) is 16.0. The zero-order chi connectivity index (χ0) is 40.9. The summed E-state index contributed by atoms with van der Waals surface area (Å²) in [6.07, 6.45) is 0.547. The molecule has 0 fully saturated rings. The third kappa shape index (κ3) is 22.4. The van der Waals surface area contributed by atoms with Crippen molar-refractivity contribution in [3.8, 4) is 0 Å². The molecule has 0 aromatic heterocycles. The molecule has 0 bridgehead atoms. The third-order valence-corrected chi connectivity index (χ3v) is 15.5. The molecule has 312 valence electrons. The molecule has 0 rings (SSSR count). The minimum Gasteiger partial charge on any atom is -0.368 e. The van der Waals surface area contributed by atoms with Gasteiger partial charge in [0.05, 0.1) is 38.3 Å².